The third kappa shape index (κ3) is 4.35. The normalized spacial score (nSPS) is 17.5. The molecule has 1 aliphatic rings. The summed E-state index contributed by atoms with van der Waals surface area (Å²) in [5, 5.41) is 3.33. The molecule has 4 nitrogen and oxygen atoms in total. The zero-order chi connectivity index (χ0) is 15.1. The molecule has 0 saturated heterocycles. The van der Waals surface area contributed by atoms with Gasteiger partial charge in [-0.1, -0.05) is 25.3 Å². The van der Waals surface area contributed by atoms with Crippen molar-refractivity contribution in [1.29, 1.82) is 0 Å². The molecule has 0 aromatic heterocycles. The van der Waals surface area contributed by atoms with Gasteiger partial charge in [0.2, 0.25) is 0 Å². The Morgan fingerprint density at radius 3 is 2.43 bits per heavy atom. The molecule has 4 heteroatoms. The van der Waals surface area contributed by atoms with Gasteiger partial charge < -0.3 is 19.5 Å². The van der Waals surface area contributed by atoms with Gasteiger partial charge in [-0.3, -0.25) is 0 Å². The van der Waals surface area contributed by atoms with Crippen LogP contribution < -0.4 is 14.8 Å². The summed E-state index contributed by atoms with van der Waals surface area (Å²) in [6, 6.07) is 6.20. The molecule has 0 spiro atoms. The van der Waals surface area contributed by atoms with Gasteiger partial charge in [0.25, 0.3) is 0 Å². The van der Waals surface area contributed by atoms with E-state index in [1.54, 1.807) is 14.2 Å². The van der Waals surface area contributed by atoms with Crippen LogP contribution in [0, 0.1) is 0 Å². The topological polar surface area (TPSA) is 39.7 Å². The van der Waals surface area contributed by atoms with Crippen molar-refractivity contribution in [2.24, 2.45) is 0 Å². The van der Waals surface area contributed by atoms with Gasteiger partial charge in [0, 0.05) is 0 Å². The third-order valence-electron chi connectivity index (χ3n) is 4.21. The van der Waals surface area contributed by atoms with E-state index >= 15 is 0 Å². The number of hydrogen-bond acceptors (Lipinski definition) is 4. The minimum absolute atomic E-state index is 0.173. The predicted molar refractivity (Wildman–Crippen MR) is 84.2 cm³/mol. The summed E-state index contributed by atoms with van der Waals surface area (Å²) in [5.41, 5.74) is 1.16. The molecule has 1 saturated carbocycles. The molecule has 1 N–H and O–H groups in total. The van der Waals surface area contributed by atoms with Crippen molar-refractivity contribution in [2.45, 2.75) is 44.2 Å². The molecule has 0 amide bonds. The van der Waals surface area contributed by atoms with Crippen LogP contribution in [0.15, 0.2) is 18.2 Å². The highest BCUT2D eigenvalue weighted by molar-refractivity contribution is 5.43. The first-order chi connectivity index (χ1) is 10.3. The second kappa shape index (κ2) is 8.25. The summed E-state index contributed by atoms with van der Waals surface area (Å²) in [6.45, 7) is 0.691. The molecular formula is C17H27NO3. The van der Waals surface area contributed by atoms with Crippen molar-refractivity contribution in [1.82, 2.24) is 5.32 Å². The molecule has 1 atom stereocenters. The Morgan fingerprint density at radius 2 is 1.81 bits per heavy atom. The fourth-order valence-corrected chi connectivity index (χ4v) is 2.88. The molecule has 0 radical (unpaired) electrons. The van der Waals surface area contributed by atoms with Crippen LogP contribution in [0.2, 0.25) is 0 Å². The number of nitrogens with one attached hydrogen (secondary N) is 1. The van der Waals surface area contributed by atoms with E-state index in [9.17, 15) is 0 Å². The fraction of sp³-hybridized carbons (Fsp3) is 0.647. The maximum atomic E-state index is 6.09. The van der Waals surface area contributed by atoms with Crippen molar-refractivity contribution in [2.75, 3.05) is 27.9 Å². The number of methoxy groups -OCH3 is 2. The zero-order valence-electron chi connectivity index (χ0n) is 13.4. The minimum Gasteiger partial charge on any atom is -0.493 e. The van der Waals surface area contributed by atoms with Crippen LogP contribution in [0.3, 0.4) is 0 Å². The van der Waals surface area contributed by atoms with Gasteiger partial charge in [0.05, 0.1) is 33.0 Å². The summed E-state index contributed by atoms with van der Waals surface area (Å²) in [4.78, 5) is 0. The standard InChI is InChI=1S/C17H27NO3/c1-18-15(12-21-14-7-5-4-6-8-14)13-9-10-16(19-2)17(11-13)20-3/h9-11,14-15,18H,4-8,12H2,1-3H3. The van der Waals surface area contributed by atoms with E-state index in [1.165, 1.54) is 32.1 Å². The molecule has 1 aromatic carbocycles. The molecule has 1 aliphatic carbocycles. The molecule has 0 bridgehead atoms. The lowest BCUT2D eigenvalue weighted by molar-refractivity contribution is 0.0165. The Hall–Kier alpha value is -1.26. The highest BCUT2D eigenvalue weighted by Gasteiger charge is 2.18. The highest BCUT2D eigenvalue weighted by atomic mass is 16.5. The average molecular weight is 293 g/mol. The predicted octanol–water partition coefficient (Wildman–Crippen LogP) is 3.31. The molecule has 1 aromatic rings. The molecule has 118 valence electrons. The Labute approximate surface area is 127 Å². The first-order valence-electron chi connectivity index (χ1n) is 7.79. The molecule has 21 heavy (non-hydrogen) atoms. The first kappa shape index (κ1) is 16.1. The Balaban J connectivity index is 1.99. The number of hydrogen-bond donors (Lipinski definition) is 1. The third-order valence-corrected chi connectivity index (χ3v) is 4.21. The van der Waals surface area contributed by atoms with Gasteiger partial charge in [0.15, 0.2) is 11.5 Å². The lowest BCUT2D eigenvalue weighted by Gasteiger charge is -2.25. The molecule has 0 heterocycles. The van der Waals surface area contributed by atoms with Gasteiger partial charge in [-0.25, -0.2) is 0 Å². The monoisotopic (exact) mass is 293 g/mol. The van der Waals surface area contributed by atoms with Crippen molar-refractivity contribution in [3.8, 4) is 11.5 Å². The molecule has 1 unspecified atom stereocenters. The molecule has 0 aliphatic heterocycles. The average Bonchev–Trinajstić information content (AvgIpc) is 2.56. The quantitative estimate of drug-likeness (QED) is 0.837. The highest BCUT2D eigenvalue weighted by Crippen LogP contribution is 2.30. The van der Waals surface area contributed by atoms with Crippen LogP contribution in [0.1, 0.15) is 43.7 Å². The van der Waals surface area contributed by atoms with Crippen molar-refractivity contribution in [3.63, 3.8) is 0 Å². The molecule has 1 fully saturated rings. The van der Waals surface area contributed by atoms with Crippen molar-refractivity contribution < 1.29 is 14.2 Å². The van der Waals surface area contributed by atoms with Gasteiger partial charge in [0.1, 0.15) is 0 Å². The summed E-state index contributed by atoms with van der Waals surface area (Å²) in [6.07, 6.45) is 6.77. The smallest absolute Gasteiger partial charge is 0.161 e. The van der Waals surface area contributed by atoms with E-state index in [-0.39, 0.29) is 6.04 Å². The van der Waals surface area contributed by atoms with Crippen LogP contribution in [-0.4, -0.2) is 34.0 Å². The minimum atomic E-state index is 0.173. The molecule has 2 rings (SSSR count). The van der Waals surface area contributed by atoms with E-state index < -0.39 is 0 Å². The van der Waals surface area contributed by atoms with Gasteiger partial charge >= 0.3 is 0 Å². The second-order valence-corrected chi connectivity index (χ2v) is 5.55. The van der Waals surface area contributed by atoms with E-state index in [4.69, 9.17) is 14.2 Å². The number of rotatable bonds is 7. The number of benzene rings is 1. The lowest BCUT2D eigenvalue weighted by atomic mass is 9.97. The fourth-order valence-electron chi connectivity index (χ4n) is 2.88. The summed E-state index contributed by atoms with van der Waals surface area (Å²) >= 11 is 0. The summed E-state index contributed by atoms with van der Waals surface area (Å²) < 4.78 is 16.7. The number of ether oxygens (including phenoxy) is 3. The van der Waals surface area contributed by atoms with Crippen molar-refractivity contribution >= 4 is 0 Å². The maximum absolute atomic E-state index is 6.09. The van der Waals surface area contributed by atoms with Gasteiger partial charge in [-0.2, -0.15) is 0 Å². The molecular weight excluding hydrogens is 266 g/mol. The second-order valence-electron chi connectivity index (χ2n) is 5.55. The van der Waals surface area contributed by atoms with Crippen LogP contribution in [0.5, 0.6) is 11.5 Å². The summed E-state index contributed by atoms with van der Waals surface area (Å²) in [5.74, 6) is 1.51. The van der Waals surface area contributed by atoms with E-state index in [0.717, 1.165) is 17.1 Å². The van der Waals surface area contributed by atoms with Crippen molar-refractivity contribution in [3.05, 3.63) is 23.8 Å². The Morgan fingerprint density at radius 1 is 1.10 bits per heavy atom. The SMILES string of the molecule is CNC(COC1CCCCC1)c1ccc(OC)c(OC)c1. The van der Waals surface area contributed by atoms with E-state index in [2.05, 4.69) is 11.4 Å². The zero-order valence-corrected chi connectivity index (χ0v) is 13.4. The Kier molecular flexibility index (Phi) is 6.33. The summed E-state index contributed by atoms with van der Waals surface area (Å²) in [7, 11) is 5.28. The van der Waals surface area contributed by atoms with Crippen LogP contribution in [0.4, 0.5) is 0 Å². The van der Waals surface area contributed by atoms with Crippen LogP contribution in [-0.2, 0) is 4.74 Å². The first-order valence-corrected chi connectivity index (χ1v) is 7.79. The largest absolute Gasteiger partial charge is 0.493 e. The Bertz CT molecular complexity index is 430. The number of likely N-dealkylation sites (N-methyl/N-ethyl adjacent to an activating group) is 1. The maximum Gasteiger partial charge on any atom is 0.161 e. The lowest BCUT2D eigenvalue weighted by Crippen LogP contribution is -2.26. The van der Waals surface area contributed by atoms with Gasteiger partial charge in [-0.05, 0) is 37.6 Å². The van der Waals surface area contributed by atoms with Gasteiger partial charge in [-0.15, -0.1) is 0 Å². The van der Waals surface area contributed by atoms with Crippen LogP contribution in [0.25, 0.3) is 0 Å². The van der Waals surface area contributed by atoms with E-state index in [1.807, 2.05) is 19.2 Å². The van der Waals surface area contributed by atoms with E-state index in [0.29, 0.717) is 12.7 Å². The van der Waals surface area contributed by atoms with Crippen LogP contribution >= 0.6 is 0 Å².